The van der Waals surface area contributed by atoms with Crippen molar-refractivity contribution in [1.29, 1.82) is 0 Å². The van der Waals surface area contributed by atoms with Crippen LogP contribution in [0.1, 0.15) is 44.4 Å². The molecule has 3 N–H and O–H groups in total. The third kappa shape index (κ3) is 3.25. The molecular formula is C15H28N4. The van der Waals surface area contributed by atoms with Gasteiger partial charge in [-0.1, -0.05) is 13.8 Å². The first-order valence-corrected chi connectivity index (χ1v) is 6.99. The smallest absolute Gasteiger partial charge is 0.128 e. The fourth-order valence-corrected chi connectivity index (χ4v) is 2.48. The van der Waals surface area contributed by atoms with Crippen molar-refractivity contribution in [2.75, 3.05) is 26.4 Å². The zero-order chi connectivity index (χ0) is 14.6. The SMILES string of the molecule is CCNC(c1cc(C)cnc1N)C(C)(CC)N(C)C. The van der Waals surface area contributed by atoms with E-state index in [2.05, 4.69) is 63.1 Å². The highest BCUT2D eigenvalue weighted by atomic mass is 15.2. The minimum atomic E-state index is -0.000394. The number of nitrogen functional groups attached to an aromatic ring is 1. The predicted molar refractivity (Wildman–Crippen MR) is 82.2 cm³/mol. The van der Waals surface area contributed by atoms with Gasteiger partial charge in [-0.2, -0.15) is 0 Å². The molecule has 0 aliphatic heterocycles. The normalized spacial score (nSPS) is 16.4. The molecule has 1 aromatic rings. The van der Waals surface area contributed by atoms with E-state index in [1.54, 1.807) is 0 Å². The average Bonchev–Trinajstić information content (AvgIpc) is 2.38. The molecule has 0 amide bonds. The summed E-state index contributed by atoms with van der Waals surface area (Å²) in [4.78, 5) is 6.57. The van der Waals surface area contributed by atoms with Crippen LogP contribution in [0.5, 0.6) is 0 Å². The van der Waals surface area contributed by atoms with Crippen molar-refractivity contribution < 1.29 is 0 Å². The molecule has 0 bridgehead atoms. The van der Waals surface area contributed by atoms with Crippen molar-refractivity contribution in [1.82, 2.24) is 15.2 Å². The van der Waals surface area contributed by atoms with Gasteiger partial charge in [0.15, 0.2) is 0 Å². The van der Waals surface area contributed by atoms with Crippen LogP contribution in [-0.2, 0) is 0 Å². The third-order valence-corrected chi connectivity index (χ3v) is 4.16. The van der Waals surface area contributed by atoms with Gasteiger partial charge in [-0.15, -0.1) is 0 Å². The monoisotopic (exact) mass is 264 g/mol. The highest BCUT2D eigenvalue weighted by Crippen LogP contribution is 2.35. The highest BCUT2D eigenvalue weighted by Gasteiger charge is 2.36. The second-order valence-corrected chi connectivity index (χ2v) is 5.58. The van der Waals surface area contributed by atoms with Crippen LogP contribution in [-0.4, -0.2) is 36.1 Å². The number of nitrogens with one attached hydrogen (secondary N) is 1. The molecular weight excluding hydrogens is 236 g/mol. The van der Waals surface area contributed by atoms with Gasteiger partial charge in [0.05, 0.1) is 6.04 Å². The lowest BCUT2D eigenvalue weighted by molar-refractivity contribution is 0.114. The Bertz CT molecular complexity index is 417. The number of rotatable bonds is 6. The number of anilines is 1. The number of pyridine rings is 1. The second kappa shape index (κ2) is 6.35. The molecule has 0 aliphatic carbocycles. The van der Waals surface area contributed by atoms with Crippen LogP contribution < -0.4 is 11.1 Å². The Morgan fingerprint density at radius 3 is 2.53 bits per heavy atom. The van der Waals surface area contributed by atoms with E-state index in [1.807, 2.05) is 6.20 Å². The fourth-order valence-electron chi connectivity index (χ4n) is 2.48. The molecule has 0 spiro atoms. The fraction of sp³-hybridized carbons (Fsp3) is 0.667. The molecule has 0 radical (unpaired) electrons. The van der Waals surface area contributed by atoms with Crippen LogP contribution in [0.3, 0.4) is 0 Å². The Morgan fingerprint density at radius 2 is 2.05 bits per heavy atom. The summed E-state index contributed by atoms with van der Waals surface area (Å²) < 4.78 is 0. The van der Waals surface area contributed by atoms with E-state index in [9.17, 15) is 0 Å². The van der Waals surface area contributed by atoms with Crippen molar-refractivity contribution in [3.63, 3.8) is 0 Å². The molecule has 4 nitrogen and oxygen atoms in total. The first-order chi connectivity index (χ1) is 8.86. The number of hydrogen-bond acceptors (Lipinski definition) is 4. The summed E-state index contributed by atoms with van der Waals surface area (Å²) in [5, 5.41) is 3.58. The summed E-state index contributed by atoms with van der Waals surface area (Å²) in [6.45, 7) is 9.56. The van der Waals surface area contributed by atoms with Crippen molar-refractivity contribution in [3.05, 3.63) is 23.4 Å². The van der Waals surface area contributed by atoms with Gasteiger partial charge in [-0.05, 0) is 52.5 Å². The Hall–Kier alpha value is -1.13. The number of aromatic nitrogens is 1. The maximum atomic E-state index is 6.10. The first-order valence-electron chi connectivity index (χ1n) is 6.99. The number of nitrogens with two attached hydrogens (primary N) is 1. The van der Waals surface area contributed by atoms with Crippen LogP contribution in [0, 0.1) is 6.92 Å². The van der Waals surface area contributed by atoms with Crippen LogP contribution >= 0.6 is 0 Å². The van der Waals surface area contributed by atoms with Gasteiger partial charge in [-0.3, -0.25) is 0 Å². The average molecular weight is 264 g/mol. The zero-order valence-corrected chi connectivity index (χ0v) is 13.1. The Kier molecular flexibility index (Phi) is 5.32. The summed E-state index contributed by atoms with van der Waals surface area (Å²) in [5.74, 6) is 0.623. The molecule has 1 aromatic heterocycles. The van der Waals surface area contributed by atoms with Gasteiger partial charge in [0, 0.05) is 17.3 Å². The molecule has 1 heterocycles. The standard InChI is InChI=1S/C15H28N4/c1-7-15(4,19(5)6)13(17-8-2)12-9-11(3)10-18-14(12)16/h9-10,13,17H,7-8H2,1-6H3,(H2,16,18). The summed E-state index contributed by atoms with van der Waals surface area (Å²) in [6, 6.07) is 2.32. The molecule has 2 atom stereocenters. The molecule has 0 aliphatic rings. The van der Waals surface area contributed by atoms with Crippen molar-refractivity contribution in [2.24, 2.45) is 0 Å². The molecule has 0 saturated heterocycles. The topological polar surface area (TPSA) is 54.2 Å². The zero-order valence-electron chi connectivity index (χ0n) is 13.1. The van der Waals surface area contributed by atoms with Crippen molar-refractivity contribution in [3.8, 4) is 0 Å². The Labute approximate surface area is 117 Å². The molecule has 4 heteroatoms. The largest absolute Gasteiger partial charge is 0.383 e. The van der Waals surface area contributed by atoms with Crippen LogP contribution in [0.15, 0.2) is 12.3 Å². The lowest BCUT2D eigenvalue weighted by Crippen LogP contribution is -2.51. The minimum absolute atomic E-state index is 0.000394. The van der Waals surface area contributed by atoms with E-state index < -0.39 is 0 Å². The molecule has 0 fully saturated rings. The Balaban J connectivity index is 3.30. The Morgan fingerprint density at radius 1 is 1.42 bits per heavy atom. The van der Waals surface area contributed by atoms with E-state index in [4.69, 9.17) is 5.73 Å². The highest BCUT2D eigenvalue weighted by molar-refractivity contribution is 5.44. The van der Waals surface area contributed by atoms with Crippen LogP contribution in [0.25, 0.3) is 0 Å². The summed E-state index contributed by atoms with van der Waals surface area (Å²) in [7, 11) is 4.24. The van der Waals surface area contributed by atoms with E-state index in [1.165, 1.54) is 0 Å². The number of hydrogen-bond donors (Lipinski definition) is 2. The van der Waals surface area contributed by atoms with Gasteiger partial charge in [0.25, 0.3) is 0 Å². The van der Waals surface area contributed by atoms with Gasteiger partial charge in [-0.25, -0.2) is 4.98 Å². The van der Waals surface area contributed by atoms with Crippen LogP contribution in [0.4, 0.5) is 5.82 Å². The third-order valence-electron chi connectivity index (χ3n) is 4.16. The number of aryl methyl sites for hydroxylation is 1. The second-order valence-electron chi connectivity index (χ2n) is 5.58. The summed E-state index contributed by atoms with van der Waals surface area (Å²) in [5.41, 5.74) is 8.34. The quantitative estimate of drug-likeness (QED) is 0.828. The molecule has 0 aromatic carbocycles. The van der Waals surface area contributed by atoms with E-state index in [0.717, 1.165) is 24.1 Å². The lowest BCUT2D eigenvalue weighted by Gasteiger charge is -2.43. The van der Waals surface area contributed by atoms with Gasteiger partial charge in [0.2, 0.25) is 0 Å². The molecule has 108 valence electrons. The molecule has 19 heavy (non-hydrogen) atoms. The maximum Gasteiger partial charge on any atom is 0.128 e. The summed E-state index contributed by atoms with van der Waals surface area (Å²) >= 11 is 0. The lowest BCUT2D eigenvalue weighted by atomic mass is 9.83. The van der Waals surface area contributed by atoms with Crippen molar-refractivity contribution >= 4 is 5.82 Å². The number of likely N-dealkylation sites (N-methyl/N-ethyl adjacent to an activating group) is 2. The maximum absolute atomic E-state index is 6.10. The van der Waals surface area contributed by atoms with Crippen LogP contribution in [0.2, 0.25) is 0 Å². The van der Waals surface area contributed by atoms with E-state index >= 15 is 0 Å². The van der Waals surface area contributed by atoms with Gasteiger partial charge >= 0.3 is 0 Å². The van der Waals surface area contributed by atoms with Gasteiger partial charge in [0.1, 0.15) is 5.82 Å². The van der Waals surface area contributed by atoms with E-state index in [0.29, 0.717) is 5.82 Å². The van der Waals surface area contributed by atoms with Crippen molar-refractivity contribution in [2.45, 2.75) is 45.7 Å². The first kappa shape index (κ1) is 15.9. The van der Waals surface area contributed by atoms with E-state index in [-0.39, 0.29) is 11.6 Å². The molecule has 1 rings (SSSR count). The summed E-state index contributed by atoms with van der Waals surface area (Å²) in [6.07, 6.45) is 2.85. The van der Waals surface area contributed by atoms with Gasteiger partial charge < -0.3 is 16.0 Å². The number of nitrogens with zero attached hydrogens (tertiary/aromatic N) is 2. The minimum Gasteiger partial charge on any atom is -0.383 e. The predicted octanol–water partition coefficient (Wildman–Crippen LogP) is 2.35. The molecule has 0 saturated carbocycles. The molecule has 2 unspecified atom stereocenters.